The van der Waals surface area contributed by atoms with Crippen molar-refractivity contribution in [1.82, 2.24) is 19.1 Å². The van der Waals surface area contributed by atoms with Crippen LogP contribution >= 0.6 is 0 Å². The van der Waals surface area contributed by atoms with Crippen molar-refractivity contribution in [3.05, 3.63) is 105 Å². The van der Waals surface area contributed by atoms with Gasteiger partial charge in [-0.25, -0.2) is 9.97 Å². The lowest BCUT2D eigenvalue weighted by molar-refractivity contribution is 0.841. The summed E-state index contributed by atoms with van der Waals surface area (Å²) in [6.07, 6.45) is 0. The second-order valence-electron chi connectivity index (χ2n) is 11.1. The van der Waals surface area contributed by atoms with E-state index in [9.17, 15) is 9.59 Å². The van der Waals surface area contributed by atoms with Crippen molar-refractivity contribution in [2.24, 2.45) is 14.1 Å². The Balaban J connectivity index is 1.73. The van der Waals surface area contributed by atoms with E-state index in [0.717, 1.165) is 44.1 Å². The van der Waals surface area contributed by atoms with E-state index in [2.05, 4.69) is 27.7 Å². The number of para-hydroxylation sites is 2. The molecule has 0 atom stereocenters. The maximum Gasteiger partial charge on any atom is 0.261 e. The van der Waals surface area contributed by atoms with Crippen molar-refractivity contribution in [2.75, 3.05) is 0 Å². The van der Waals surface area contributed by atoms with Crippen LogP contribution in [-0.2, 0) is 14.1 Å². The molecule has 6 heteroatoms. The Labute approximate surface area is 232 Å². The van der Waals surface area contributed by atoms with E-state index in [0.29, 0.717) is 22.4 Å². The number of nitrogens with zero attached hydrogens (tertiary/aromatic N) is 4. The Hall–Kier alpha value is -4.58. The first-order chi connectivity index (χ1) is 19.2. The molecule has 0 radical (unpaired) electrons. The average molecular weight is 529 g/mol. The first-order valence-electron chi connectivity index (χ1n) is 13.7. The normalized spacial score (nSPS) is 11.9. The molecule has 0 aliphatic rings. The van der Waals surface area contributed by atoms with Crippen LogP contribution in [0.2, 0.25) is 0 Å². The Morgan fingerprint density at radius 1 is 0.575 bits per heavy atom. The van der Waals surface area contributed by atoms with E-state index in [1.54, 1.807) is 23.2 Å². The highest BCUT2D eigenvalue weighted by atomic mass is 16.1. The summed E-state index contributed by atoms with van der Waals surface area (Å²) in [4.78, 5) is 37.4. The minimum Gasteiger partial charge on any atom is -0.295 e. The third kappa shape index (κ3) is 3.86. The SMILES string of the molecule is CC(C)c1cccc2c(=O)n(C)c(-c3cccc4cccc(-c5nc6c(C(C)C)cccc6c(=O)n5C)c34)nc12. The monoisotopic (exact) mass is 528 g/mol. The summed E-state index contributed by atoms with van der Waals surface area (Å²) in [5.41, 5.74) is 4.99. The first-order valence-corrected chi connectivity index (χ1v) is 13.7. The molecule has 0 aliphatic heterocycles. The molecular formula is C34H32N4O2. The minimum atomic E-state index is -0.0882. The highest BCUT2D eigenvalue weighted by Gasteiger charge is 2.20. The van der Waals surface area contributed by atoms with Gasteiger partial charge in [0.2, 0.25) is 0 Å². The van der Waals surface area contributed by atoms with Crippen molar-refractivity contribution < 1.29 is 0 Å². The standard InChI is InChI=1S/C34H32N4O2/c1-19(2)22-13-9-17-26-29(22)35-31(37(5)33(26)39)24-15-7-11-21-12-8-16-25(28(21)24)32-36-30-23(20(3)4)14-10-18-27(30)34(40)38(32)6/h7-20H,1-6H3. The zero-order chi connectivity index (χ0) is 28.3. The maximum atomic E-state index is 13.6. The quantitative estimate of drug-likeness (QED) is 0.249. The number of benzene rings is 4. The van der Waals surface area contributed by atoms with Gasteiger partial charge in [0.1, 0.15) is 11.6 Å². The lowest BCUT2D eigenvalue weighted by Crippen LogP contribution is -2.22. The molecule has 2 heterocycles. The van der Waals surface area contributed by atoms with E-state index < -0.39 is 0 Å². The zero-order valence-corrected chi connectivity index (χ0v) is 23.7. The van der Waals surface area contributed by atoms with Crippen molar-refractivity contribution in [3.8, 4) is 22.8 Å². The largest absolute Gasteiger partial charge is 0.295 e. The van der Waals surface area contributed by atoms with Crippen LogP contribution in [-0.4, -0.2) is 19.1 Å². The van der Waals surface area contributed by atoms with Gasteiger partial charge in [0.25, 0.3) is 11.1 Å². The topological polar surface area (TPSA) is 69.8 Å². The zero-order valence-electron chi connectivity index (χ0n) is 23.7. The van der Waals surface area contributed by atoms with E-state index >= 15 is 0 Å². The summed E-state index contributed by atoms with van der Waals surface area (Å²) in [6.45, 7) is 8.45. The molecule has 6 aromatic rings. The molecule has 0 unspecified atom stereocenters. The second-order valence-corrected chi connectivity index (χ2v) is 11.1. The third-order valence-corrected chi connectivity index (χ3v) is 7.91. The average Bonchev–Trinajstić information content (AvgIpc) is 2.95. The molecule has 0 N–H and O–H groups in total. The molecule has 0 bridgehead atoms. The Morgan fingerprint density at radius 2 is 0.975 bits per heavy atom. The van der Waals surface area contributed by atoms with Crippen LogP contribution in [0.15, 0.2) is 82.4 Å². The van der Waals surface area contributed by atoms with Crippen LogP contribution in [0.3, 0.4) is 0 Å². The predicted molar refractivity (Wildman–Crippen MR) is 164 cm³/mol. The number of rotatable bonds is 4. The molecule has 2 aromatic heterocycles. The molecule has 0 fully saturated rings. The van der Waals surface area contributed by atoms with Crippen LogP contribution in [0.5, 0.6) is 0 Å². The van der Waals surface area contributed by atoms with Crippen LogP contribution in [0.4, 0.5) is 0 Å². The molecule has 0 saturated heterocycles. The minimum absolute atomic E-state index is 0.0882. The van der Waals surface area contributed by atoms with Crippen molar-refractivity contribution >= 4 is 32.6 Å². The fourth-order valence-electron chi connectivity index (χ4n) is 5.76. The van der Waals surface area contributed by atoms with E-state index in [-0.39, 0.29) is 23.0 Å². The molecule has 4 aromatic carbocycles. The van der Waals surface area contributed by atoms with Gasteiger partial charge in [-0.15, -0.1) is 0 Å². The molecule has 0 aliphatic carbocycles. The number of hydrogen-bond donors (Lipinski definition) is 0. The summed E-state index contributed by atoms with van der Waals surface area (Å²) in [5, 5.41) is 3.10. The summed E-state index contributed by atoms with van der Waals surface area (Å²) < 4.78 is 3.25. The second kappa shape index (κ2) is 9.56. The summed E-state index contributed by atoms with van der Waals surface area (Å²) >= 11 is 0. The Morgan fingerprint density at radius 3 is 1.38 bits per heavy atom. The Bertz CT molecular complexity index is 1940. The van der Waals surface area contributed by atoms with Gasteiger partial charge >= 0.3 is 0 Å². The van der Waals surface area contributed by atoms with Crippen LogP contribution in [0.1, 0.15) is 50.7 Å². The molecule has 6 nitrogen and oxygen atoms in total. The van der Waals surface area contributed by atoms with Crippen molar-refractivity contribution in [2.45, 2.75) is 39.5 Å². The lowest BCUT2D eigenvalue weighted by atomic mass is 9.96. The Kier molecular flexibility index (Phi) is 6.14. The molecular weight excluding hydrogens is 496 g/mol. The van der Waals surface area contributed by atoms with Gasteiger partial charge in [-0.3, -0.25) is 18.7 Å². The van der Waals surface area contributed by atoms with E-state index in [4.69, 9.17) is 9.97 Å². The van der Waals surface area contributed by atoms with E-state index in [1.165, 1.54) is 0 Å². The smallest absolute Gasteiger partial charge is 0.261 e. The fourth-order valence-corrected chi connectivity index (χ4v) is 5.76. The molecule has 6 rings (SSSR count). The molecule has 0 saturated carbocycles. The third-order valence-electron chi connectivity index (χ3n) is 7.91. The summed E-state index contributed by atoms with van der Waals surface area (Å²) in [6, 6.07) is 23.7. The maximum absolute atomic E-state index is 13.6. The van der Waals surface area contributed by atoms with Gasteiger partial charge in [-0.05, 0) is 40.5 Å². The fraction of sp³-hybridized carbons (Fsp3) is 0.235. The van der Waals surface area contributed by atoms with Crippen molar-refractivity contribution in [3.63, 3.8) is 0 Å². The highest BCUT2D eigenvalue weighted by molar-refractivity contribution is 6.05. The van der Waals surface area contributed by atoms with Gasteiger partial charge in [-0.1, -0.05) is 88.4 Å². The van der Waals surface area contributed by atoms with Crippen LogP contribution < -0.4 is 11.1 Å². The van der Waals surface area contributed by atoms with Crippen LogP contribution in [0, 0.1) is 0 Å². The molecule has 40 heavy (non-hydrogen) atoms. The van der Waals surface area contributed by atoms with Gasteiger partial charge in [-0.2, -0.15) is 0 Å². The first kappa shape index (κ1) is 25.7. The van der Waals surface area contributed by atoms with Gasteiger partial charge in [0, 0.05) is 30.6 Å². The molecule has 0 spiro atoms. The summed E-state index contributed by atoms with van der Waals surface area (Å²) in [7, 11) is 3.54. The molecule has 0 amide bonds. The summed E-state index contributed by atoms with van der Waals surface area (Å²) in [5.74, 6) is 1.59. The van der Waals surface area contributed by atoms with Gasteiger partial charge in [0.05, 0.1) is 21.8 Å². The van der Waals surface area contributed by atoms with E-state index in [1.807, 2.05) is 72.8 Å². The predicted octanol–water partition coefficient (Wildman–Crippen LogP) is 6.91. The number of hydrogen-bond acceptors (Lipinski definition) is 4. The van der Waals surface area contributed by atoms with Gasteiger partial charge in [0.15, 0.2) is 0 Å². The lowest BCUT2D eigenvalue weighted by Gasteiger charge is -2.18. The van der Waals surface area contributed by atoms with Crippen LogP contribution in [0.25, 0.3) is 55.4 Å². The molecule has 200 valence electrons. The van der Waals surface area contributed by atoms with Gasteiger partial charge < -0.3 is 0 Å². The van der Waals surface area contributed by atoms with Crippen molar-refractivity contribution in [1.29, 1.82) is 0 Å². The highest BCUT2D eigenvalue weighted by Crippen LogP contribution is 2.36. The number of fused-ring (bicyclic) bond motifs is 3. The number of aromatic nitrogens is 4.